The lowest BCUT2D eigenvalue weighted by molar-refractivity contribution is -0.138. The summed E-state index contributed by atoms with van der Waals surface area (Å²) in [5.74, 6) is -1.11. The third-order valence-electron chi connectivity index (χ3n) is 3.29. The van der Waals surface area contributed by atoms with Crippen LogP contribution in [0.4, 0.5) is 4.39 Å². The molecule has 130 valence electrons. The molecule has 0 unspecified atom stereocenters. The van der Waals surface area contributed by atoms with E-state index in [2.05, 4.69) is 0 Å². The SMILES string of the molecule is CC(=CC(=O)OCc1cccc(OCC(N)=O)c1)c1ccccc1F. The summed E-state index contributed by atoms with van der Waals surface area (Å²) in [5.41, 5.74) is 6.52. The van der Waals surface area contributed by atoms with Crippen LogP contribution in [-0.4, -0.2) is 18.5 Å². The number of nitrogens with two attached hydrogens (primary N) is 1. The van der Waals surface area contributed by atoms with Crippen molar-refractivity contribution < 1.29 is 23.5 Å². The molecule has 0 radical (unpaired) electrons. The number of esters is 1. The number of allylic oxidation sites excluding steroid dienone is 1. The molecule has 2 N–H and O–H groups in total. The van der Waals surface area contributed by atoms with Gasteiger partial charge in [-0.3, -0.25) is 4.79 Å². The maximum Gasteiger partial charge on any atom is 0.331 e. The fourth-order valence-electron chi connectivity index (χ4n) is 2.11. The fraction of sp³-hybridized carbons (Fsp3) is 0.158. The van der Waals surface area contributed by atoms with Crippen LogP contribution in [0.25, 0.3) is 5.57 Å². The third kappa shape index (κ3) is 5.76. The van der Waals surface area contributed by atoms with Crippen molar-refractivity contribution >= 4 is 17.4 Å². The van der Waals surface area contributed by atoms with Crippen molar-refractivity contribution in [1.29, 1.82) is 0 Å². The van der Waals surface area contributed by atoms with E-state index in [9.17, 15) is 14.0 Å². The second-order valence-corrected chi connectivity index (χ2v) is 5.32. The molecule has 0 spiro atoms. The van der Waals surface area contributed by atoms with E-state index in [0.29, 0.717) is 22.4 Å². The van der Waals surface area contributed by atoms with Gasteiger partial charge in [0.05, 0.1) is 0 Å². The van der Waals surface area contributed by atoms with Crippen LogP contribution in [0.3, 0.4) is 0 Å². The van der Waals surface area contributed by atoms with E-state index in [1.807, 2.05) is 0 Å². The number of amides is 1. The highest BCUT2D eigenvalue weighted by molar-refractivity contribution is 5.90. The van der Waals surface area contributed by atoms with Gasteiger partial charge in [-0.15, -0.1) is 0 Å². The normalized spacial score (nSPS) is 11.0. The first-order valence-electron chi connectivity index (χ1n) is 7.55. The Hall–Kier alpha value is -3.15. The Bertz CT molecular complexity index is 802. The van der Waals surface area contributed by atoms with Gasteiger partial charge in [0.15, 0.2) is 6.61 Å². The molecule has 2 rings (SSSR count). The van der Waals surface area contributed by atoms with Gasteiger partial charge in [-0.05, 0) is 36.3 Å². The predicted octanol–water partition coefficient (Wildman–Crippen LogP) is 2.84. The van der Waals surface area contributed by atoms with E-state index < -0.39 is 17.7 Å². The fourth-order valence-corrected chi connectivity index (χ4v) is 2.11. The first-order chi connectivity index (χ1) is 12.0. The Morgan fingerprint density at radius 1 is 1.16 bits per heavy atom. The number of hydrogen-bond acceptors (Lipinski definition) is 4. The highest BCUT2D eigenvalue weighted by Gasteiger charge is 2.07. The van der Waals surface area contributed by atoms with Crippen molar-refractivity contribution in [2.45, 2.75) is 13.5 Å². The van der Waals surface area contributed by atoms with Crippen molar-refractivity contribution in [3.8, 4) is 5.75 Å². The topological polar surface area (TPSA) is 78.6 Å². The zero-order valence-electron chi connectivity index (χ0n) is 13.7. The van der Waals surface area contributed by atoms with E-state index in [4.69, 9.17) is 15.2 Å². The van der Waals surface area contributed by atoms with E-state index in [0.717, 1.165) is 0 Å². The Balaban J connectivity index is 1.96. The molecule has 2 aromatic carbocycles. The van der Waals surface area contributed by atoms with Crippen molar-refractivity contribution in [2.75, 3.05) is 6.61 Å². The lowest BCUT2D eigenvalue weighted by Gasteiger charge is -2.07. The molecule has 0 saturated heterocycles. The number of halogens is 1. The highest BCUT2D eigenvalue weighted by atomic mass is 19.1. The number of benzene rings is 2. The summed E-state index contributed by atoms with van der Waals surface area (Å²) in [6.07, 6.45) is 1.24. The summed E-state index contributed by atoms with van der Waals surface area (Å²) >= 11 is 0. The Morgan fingerprint density at radius 2 is 1.92 bits per heavy atom. The molecule has 0 aliphatic rings. The molecule has 0 atom stereocenters. The number of primary amides is 1. The summed E-state index contributed by atoms with van der Waals surface area (Å²) in [5, 5.41) is 0. The maximum absolute atomic E-state index is 13.7. The molecule has 0 aromatic heterocycles. The van der Waals surface area contributed by atoms with Gasteiger partial charge in [-0.2, -0.15) is 0 Å². The quantitative estimate of drug-likeness (QED) is 0.619. The highest BCUT2D eigenvalue weighted by Crippen LogP contribution is 2.18. The monoisotopic (exact) mass is 343 g/mol. The number of carbonyl (C=O) groups is 2. The standard InChI is InChI=1S/C19H18FNO4/c1-13(16-7-2-3-8-17(16)20)9-19(23)25-11-14-5-4-6-15(10-14)24-12-18(21)22/h2-10H,11-12H2,1H3,(H2,21,22). The van der Waals surface area contributed by atoms with Crippen molar-refractivity contribution in [3.05, 3.63) is 71.6 Å². The second kappa shape index (κ2) is 8.63. The molecule has 1 amide bonds. The van der Waals surface area contributed by atoms with Crippen molar-refractivity contribution in [2.24, 2.45) is 5.73 Å². The molecule has 0 saturated carbocycles. The van der Waals surface area contributed by atoms with Gasteiger partial charge in [0.2, 0.25) is 0 Å². The van der Waals surface area contributed by atoms with Gasteiger partial charge in [-0.1, -0.05) is 30.3 Å². The van der Waals surface area contributed by atoms with Gasteiger partial charge in [0.1, 0.15) is 18.2 Å². The van der Waals surface area contributed by atoms with E-state index in [-0.39, 0.29) is 13.2 Å². The van der Waals surface area contributed by atoms with E-state index in [1.165, 1.54) is 12.1 Å². The molecule has 0 heterocycles. The van der Waals surface area contributed by atoms with Crippen molar-refractivity contribution in [3.63, 3.8) is 0 Å². The summed E-state index contributed by atoms with van der Waals surface area (Å²) in [6.45, 7) is 1.43. The summed E-state index contributed by atoms with van der Waals surface area (Å²) < 4.78 is 24.0. The minimum atomic E-state index is -0.579. The van der Waals surface area contributed by atoms with Crippen LogP contribution in [0.5, 0.6) is 5.75 Å². The minimum absolute atomic E-state index is 0.0215. The van der Waals surface area contributed by atoms with Crippen LogP contribution in [0.15, 0.2) is 54.6 Å². The summed E-state index contributed by atoms with van der Waals surface area (Å²) in [7, 11) is 0. The van der Waals surface area contributed by atoms with Crippen LogP contribution >= 0.6 is 0 Å². The lowest BCUT2D eigenvalue weighted by Crippen LogP contribution is -2.20. The van der Waals surface area contributed by atoms with Gasteiger partial charge >= 0.3 is 5.97 Å². The van der Waals surface area contributed by atoms with Crippen LogP contribution < -0.4 is 10.5 Å². The summed E-state index contributed by atoms with van der Waals surface area (Å²) in [4.78, 5) is 22.6. The number of ether oxygens (including phenoxy) is 2. The van der Waals surface area contributed by atoms with Crippen LogP contribution in [0, 0.1) is 5.82 Å². The first-order valence-corrected chi connectivity index (χ1v) is 7.55. The molecular formula is C19H18FNO4. The minimum Gasteiger partial charge on any atom is -0.484 e. The molecule has 2 aromatic rings. The molecule has 0 aliphatic heterocycles. The third-order valence-corrected chi connectivity index (χ3v) is 3.29. The first kappa shape index (κ1) is 18.2. The molecule has 0 aliphatic carbocycles. The van der Waals surface area contributed by atoms with Crippen LogP contribution in [0.1, 0.15) is 18.1 Å². The Morgan fingerprint density at radius 3 is 2.64 bits per heavy atom. The molecule has 0 bridgehead atoms. The molecule has 5 nitrogen and oxygen atoms in total. The molecular weight excluding hydrogens is 325 g/mol. The lowest BCUT2D eigenvalue weighted by atomic mass is 10.1. The number of rotatable bonds is 7. The largest absolute Gasteiger partial charge is 0.484 e. The van der Waals surface area contributed by atoms with Gasteiger partial charge < -0.3 is 15.2 Å². The van der Waals surface area contributed by atoms with Crippen LogP contribution in [-0.2, 0) is 20.9 Å². The zero-order chi connectivity index (χ0) is 18.2. The second-order valence-electron chi connectivity index (χ2n) is 5.32. The average molecular weight is 343 g/mol. The molecule has 25 heavy (non-hydrogen) atoms. The number of carbonyl (C=O) groups excluding carboxylic acids is 2. The Labute approximate surface area is 144 Å². The van der Waals surface area contributed by atoms with Gasteiger partial charge in [0, 0.05) is 11.6 Å². The zero-order valence-corrected chi connectivity index (χ0v) is 13.7. The smallest absolute Gasteiger partial charge is 0.331 e. The maximum atomic E-state index is 13.7. The summed E-state index contributed by atoms with van der Waals surface area (Å²) in [6, 6.07) is 13.0. The Kier molecular flexibility index (Phi) is 6.28. The van der Waals surface area contributed by atoms with Gasteiger partial charge in [-0.25, -0.2) is 9.18 Å². The average Bonchev–Trinajstić information content (AvgIpc) is 2.59. The van der Waals surface area contributed by atoms with E-state index in [1.54, 1.807) is 49.4 Å². The van der Waals surface area contributed by atoms with Gasteiger partial charge in [0.25, 0.3) is 5.91 Å². The predicted molar refractivity (Wildman–Crippen MR) is 91.0 cm³/mol. The molecule has 6 heteroatoms. The van der Waals surface area contributed by atoms with E-state index >= 15 is 0 Å². The molecule has 0 fully saturated rings. The van der Waals surface area contributed by atoms with Crippen LogP contribution in [0.2, 0.25) is 0 Å². The van der Waals surface area contributed by atoms with Crippen molar-refractivity contribution in [1.82, 2.24) is 0 Å². The number of hydrogen-bond donors (Lipinski definition) is 1.